The molecular formula is C12H12N2O2. The van der Waals surface area contributed by atoms with E-state index in [9.17, 15) is 4.79 Å². The molecule has 0 bridgehead atoms. The Hall–Kier alpha value is -2.07. The molecular weight excluding hydrogens is 204 g/mol. The van der Waals surface area contributed by atoms with Crippen LogP contribution >= 0.6 is 0 Å². The molecule has 0 saturated carbocycles. The van der Waals surface area contributed by atoms with Crippen molar-refractivity contribution in [1.29, 1.82) is 0 Å². The maximum absolute atomic E-state index is 10.7. The van der Waals surface area contributed by atoms with E-state index in [4.69, 9.17) is 10.8 Å². The third kappa shape index (κ3) is 1.97. The number of benzene rings is 1. The summed E-state index contributed by atoms with van der Waals surface area (Å²) in [4.78, 5) is 10.7. The van der Waals surface area contributed by atoms with Crippen LogP contribution in [0.2, 0.25) is 0 Å². The first kappa shape index (κ1) is 10.4. The summed E-state index contributed by atoms with van der Waals surface area (Å²) in [5, 5.41) is 8.76. The third-order valence-electron chi connectivity index (χ3n) is 2.42. The van der Waals surface area contributed by atoms with Crippen molar-refractivity contribution in [2.45, 2.75) is 6.04 Å². The Bertz CT molecular complexity index is 474. The number of hydrogen-bond acceptors (Lipinski definition) is 2. The minimum absolute atomic E-state index is 0.600. The standard InChI is InChI=1S/C12H12N2O2/c13-11(12(15)16)9-3-5-10(6-4-9)14-7-1-2-8-14/h1-8,11H,13H2,(H,15,16)/t11-/m0/s1. The fourth-order valence-corrected chi connectivity index (χ4v) is 1.50. The van der Waals surface area contributed by atoms with Gasteiger partial charge in [-0.3, -0.25) is 4.79 Å². The van der Waals surface area contributed by atoms with Crippen LogP contribution < -0.4 is 5.73 Å². The van der Waals surface area contributed by atoms with Gasteiger partial charge in [0.05, 0.1) is 0 Å². The summed E-state index contributed by atoms with van der Waals surface area (Å²) >= 11 is 0. The van der Waals surface area contributed by atoms with Crippen LogP contribution in [0.5, 0.6) is 0 Å². The molecule has 0 unspecified atom stereocenters. The fraction of sp³-hybridized carbons (Fsp3) is 0.0833. The first-order valence-corrected chi connectivity index (χ1v) is 4.90. The maximum atomic E-state index is 10.7. The monoisotopic (exact) mass is 216 g/mol. The molecule has 0 spiro atoms. The summed E-state index contributed by atoms with van der Waals surface area (Å²) in [7, 11) is 0. The third-order valence-corrected chi connectivity index (χ3v) is 2.42. The Morgan fingerprint density at radius 1 is 1.19 bits per heavy atom. The maximum Gasteiger partial charge on any atom is 0.325 e. The van der Waals surface area contributed by atoms with Crippen molar-refractivity contribution >= 4 is 5.97 Å². The minimum atomic E-state index is -1.02. The highest BCUT2D eigenvalue weighted by molar-refractivity contribution is 5.75. The van der Waals surface area contributed by atoms with E-state index in [0.29, 0.717) is 5.56 Å². The SMILES string of the molecule is N[C@H](C(=O)O)c1ccc(-n2cccc2)cc1. The predicted molar refractivity (Wildman–Crippen MR) is 60.3 cm³/mol. The van der Waals surface area contributed by atoms with Gasteiger partial charge >= 0.3 is 5.97 Å². The molecule has 1 aromatic heterocycles. The van der Waals surface area contributed by atoms with Gasteiger partial charge in [-0.05, 0) is 29.8 Å². The van der Waals surface area contributed by atoms with Gasteiger partial charge in [0, 0.05) is 18.1 Å². The van der Waals surface area contributed by atoms with Crippen LogP contribution in [-0.4, -0.2) is 15.6 Å². The molecule has 1 atom stereocenters. The van der Waals surface area contributed by atoms with E-state index >= 15 is 0 Å². The summed E-state index contributed by atoms with van der Waals surface area (Å²) in [6.45, 7) is 0. The number of aliphatic carboxylic acids is 1. The molecule has 0 radical (unpaired) electrons. The zero-order valence-corrected chi connectivity index (χ0v) is 8.58. The van der Waals surface area contributed by atoms with Crippen LogP contribution in [0.25, 0.3) is 5.69 Å². The molecule has 3 N–H and O–H groups in total. The van der Waals surface area contributed by atoms with Crippen molar-refractivity contribution in [3.05, 3.63) is 54.4 Å². The molecule has 1 aromatic carbocycles. The van der Waals surface area contributed by atoms with E-state index < -0.39 is 12.0 Å². The molecule has 0 saturated heterocycles. The second-order valence-corrected chi connectivity index (χ2v) is 3.50. The fourth-order valence-electron chi connectivity index (χ4n) is 1.50. The van der Waals surface area contributed by atoms with Crippen LogP contribution in [0.15, 0.2) is 48.8 Å². The average molecular weight is 216 g/mol. The number of carboxylic acid groups (broad SMARTS) is 1. The lowest BCUT2D eigenvalue weighted by atomic mass is 10.1. The Kier molecular flexibility index (Phi) is 2.74. The van der Waals surface area contributed by atoms with Gasteiger partial charge in [0.25, 0.3) is 0 Å². The quantitative estimate of drug-likeness (QED) is 0.818. The van der Waals surface area contributed by atoms with E-state index in [-0.39, 0.29) is 0 Å². The lowest BCUT2D eigenvalue weighted by Gasteiger charge is -2.08. The predicted octanol–water partition coefficient (Wildman–Crippen LogP) is 1.56. The number of carbonyl (C=O) groups is 1. The largest absolute Gasteiger partial charge is 0.480 e. The highest BCUT2D eigenvalue weighted by Crippen LogP contribution is 2.14. The number of rotatable bonds is 3. The minimum Gasteiger partial charge on any atom is -0.480 e. The summed E-state index contributed by atoms with van der Waals surface area (Å²) in [6, 6.07) is 10.0. The number of aromatic nitrogens is 1. The molecule has 82 valence electrons. The van der Waals surface area contributed by atoms with Gasteiger partial charge in [-0.15, -0.1) is 0 Å². The molecule has 0 aliphatic carbocycles. The van der Waals surface area contributed by atoms with Gasteiger partial charge in [-0.25, -0.2) is 0 Å². The second-order valence-electron chi connectivity index (χ2n) is 3.50. The van der Waals surface area contributed by atoms with Crippen molar-refractivity contribution in [3.8, 4) is 5.69 Å². The summed E-state index contributed by atoms with van der Waals surface area (Å²) in [5.74, 6) is -1.02. The van der Waals surface area contributed by atoms with E-state index in [1.807, 2.05) is 41.2 Å². The van der Waals surface area contributed by atoms with Gasteiger partial charge in [-0.2, -0.15) is 0 Å². The Balaban J connectivity index is 2.26. The van der Waals surface area contributed by atoms with E-state index in [1.165, 1.54) is 0 Å². The molecule has 0 amide bonds. The highest BCUT2D eigenvalue weighted by Gasteiger charge is 2.13. The van der Waals surface area contributed by atoms with E-state index in [1.54, 1.807) is 12.1 Å². The molecule has 2 aromatic rings. The summed E-state index contributed by atoms with van der Waals surface area (Å²) in [5.41, 5.74) is 7.08. The lowest BCUT2D eigenvalue weighted by Crippen LogP contribution is -2.20. The first-order chi connectivity index (χ1) is 7.68. The molecule has 4 heteroatoms. The Labute approximate surface area is 92.9 Å². The van der Waals surface area contributed by atoms with Gasteiger partial charge in [0.2, 0.25) is 0 Å². The number of nitrogens with two attached hydrogens (primary N) is 1. The van der Waals surface area contributed by atoms with Crippen molar-refractivity contribution < 1.29 is 9.90 Å². The Morgan fingerprint density at radius 2 is 1.75 bits per heavy atom. The van der Waals surface area contributed by atoms with Crippen LogP contribution in [0.3, 0.4) is 0 Å². The van der Waals surface area contributed by atoms with Crippen molar-refractivity contribution in [3.63, 3.8) is 0 Å². The van der Waals surface area contributed by atoms with Gasteiger partial charge in [0.1, 0.15) is 6.04 Å². The van der Waals surface area contributed by atoms with Gasteiger partial charge < -0.3 is 15.4 Å². The van der Waals surface area contributed by atoms with E-state index in [0.717, 1.165) is 5.69 Å². The molecule has 0 fully saturated rings. The smallest absolute Gasteiger partial charge is 0.325 e. The van der Waals surface area contributed by atoms with Crippen LogP contribution in [0, 0.1) is 0 Å². The number of hydrogen-bond donors (Lipinski definition) is 2. The lowest BCUT2D eigenvalue weighted by molar-refractivity contribution is -0.138. The van der Waals surface area contributed by atoms with Crippen molar-refractivity contribution in [1.82, 2.24) is 4.57 Å². The van der Waals surface area contributed by atoms with Gasteiger partial charge in [0.15, 0.2) is 0 Å². The van der Waals surface area contributed by atoms with Crippen molar-refractivity contribution in [2.24, 2.45) is 5.73 Å². The zero-order valence-electron chi connectivity index (χ0n) is 8.58. The Morgan fingerprint density at radius 3 is 2.25 bits per heavy atom. The van der Waals surface area contributed by atoms with Gasteiger partial charge in [-0.1, -0.05) is 12.1 Å². The second kappa shape index (κ2) is 4.20. The first-order valence-electron chi connectivity index (χ1n) is 4.90. The molecule has 16 heavy (non-hydrogen) atoms. The molecule has 2 rings (SSSR count). The summed E-state index contributed by atoms with van der Waals surface area (Å²) in [6.07, 6.45) is 3.85. The van der Waals surface area contributed by atoms with Crippen LogP contribution in [-0.2, 0) is 4.79 Å². The molecule has 1 heterocycles. The van der Waals surface area contributed by atoms with Crippen molar-refractivity contribution in [2.75, 3.05) is 0 Å². The average Bonchev–Trinajstić information content (AvgIpc) is 2.81. The number of nitrogens with zero attached hydrogens (tertiary/aromatic N) is 1. The topological polar surface area (TPSA) is 68.2 Å². The number of carboxylic acids is 1. The normalized spacial score (nSPS) is 12.3. The molecule has 4 nitrogen and oxygen atoms in total. The highest BCUT2D eigenvalue weighted by atomic mass is 16.4. The van der Waals surface area contributed by atoms with Crippen LogP contribution in [0.4, 0.5) is 0 Å². The molecule has 0 aliphatic heterocycles. The summed E-state index contributed by atoms with van der Waals surface area (Å²) < 4.78 is 1.94. The molecule has 0 aliphatic rings. The zero-order chi connectivity index (χ0) is 11.5. The van der Waals surface area contributed by atoms with E-state index in [2.05, 4.69) is 0 Å². The van der Waals surface area contributed by atoms with Crippen LogP contribution in [0.1, 0.15) is 11.6 Å².